The summed E-state index contributed by atoms with van der Waals surface area (Å²) in [6.45, 7) is 3.99. The van der Waals surface area contributed by atoms with Crippen LogP contribution in [0.2, 0.25) is 0 Å². The van der Waals surface area contributed by atoms with E-state index in [-0.39, 0.29) is 12.1 Å². The molecule has 3 aromatic rings. The second-order valence-electron chi connectivity index (χ2n) is 8.26. The van der Waals surface area contributed by atoms with E-state index in [1.807, 2.05) is 23.1 Å². The first kappa shape index (κ1) is 18.0. The van der Waals surface area contributed by atoms with E-state index in [4.69, 9.17) is 4.98 Å². The number of para-hydroxylation sites is 3. The fourth-order valence-electron chi connectivity index (χ4n) is 4.44. The summed E-state index contributed by atoms with van der Waals surface area (Å²) in [6, 6.07) is 17.2. The van der Waals surface area contributed by atoms with E-state index in [0.29, 0.717) is 19.1 Å². The van der Waals surface area contributed by atoms with Crippen LogP contribution in [0, 0.1) is 0 Å². The van der Waals surface area contributed by atoms with Crippen LogP contribution >= 0.6 is 0 Å². The third-order valence-electron chi connectivity index (χ3n) is 6.05. The van der Waals surface area contributed by atoms with Crippen LogP contribution in [0.15, 0.2) is 48.5 Å². The summed E-state index contributed by atoms with van der Waals surface area (Å²) in [5.74, 6) is 0.946. The molecule has 1 aliphatic carbocycles. The van der Waals surface area contributed by atoms with Gasteiger partial charge in [0, 0.05) is 37.9 Å². The summed E-state index contributed by atoms with van der Waals surface area (Å²) in [7, 11) is 2.09. The van der Waals surface area contributed by atoms with Crippen LogP contribution in [-0.4, -0.2) is 40.1 Å². The number of fused-ring (bicyclic) bond motifs is 2. The number of imidazole rings is 1. The zero-order valence-electron chi connectivity index (χ0n) is 17.0. The van der Waals surface area contributed by atoms with Crippen molar-refractivity contribution in [3.05, 3.63) is 59.9 Å². The van der Waals surface area contributed by atoms with E-state index in [1.54, 1.807) is 0 Å². The van der Waals surface area contributed by atoms with E-state index in [2.05, 4.69) is 59.1 Å². The molecule has 2 aromatic carbocycles. The van der Waals surface area contributed by atoms with Crippen LogP contribution in [0.5, 0.6) is 0 Å². The molecule has 0 spiro atoms. The summed E-state index contributed by atoms with van der Waals surface area (Å²) in [5, 5.41) is 3.14. The van der Waals surface area contributed by atoms with Crippen LogP contribution in [0.25, 0.3) is 11.0 Å². The van der Waals surface area contributed by atoms with E-state index in [0.717, 1.165) is 23.4 Å². The number of carbonyl (C=O) groups excluding carboxylic acids is 1. The largest absolute Gasteiger partial charge is 0.372 e. The Labute approximate surface area is 171 Å². The quantitative estimate of drug-likeness (QED) is 0.739. The summed E-state index contributed by atoms with van der Waals surface area (Å²) in [4.78, 5) is 22.1. The minimum absolute atomic E-state index is 0.0305. The van der Waals surface area contributed by atoms with Gasteiger partial charge in [-0.2, -0.15) is 0 Å². The van der Waals surface area contributed by atoms with E-state index in [1.165, 1.54) is 24.1 Å². The highest BCUT2D eigenvalue weighted by Crippen LogP contribution is 2.38. The Morgan fingerprint density at radius 1 is 1.14 bits per heavy atom. The topological polar surface area (TPSA) is 53.4 Å². The lowest BCUT2D eigenvalue weighted by molar-refractivity contribution is 0.177. The molecule has 0 bridgehead atoms. The van der Waals surface area contributed by atoms with Gasteiger partial charge >= 0.3 is 6.03 Å². The molecule has 1 fully saturated rings. The molecule has 6 nitrogen and oxygen atoms in total. The first-order valence-corrected chi connectivity index (χ1v) is 10.4. The van der Waals surface area contributed by atoms with Gasteiger partial charge in [-0.3, -0.25) is 0 Å². The van der Waals surface area contributed by atoms with Crippen LogP contribution in [-0.2, 0) is 13.1 Å². The lowest BCUT2D eigenvalue weighted by Gasteiger charge is -2.28. The number of nitrogens with one attached hydrogen (secondary N) is 1. The maximum atomic E-state index is 13.1. The fraction of sp³-hybridized carbons (Fsp3) is 0.391. The summed E-state index contributed by atoms with van der Waals surface area (Å²) < 4.78 is 2.31. The molecule has 0 unspecified atom stereocenters. The Kier molecular flexibility index (Phi) is 4.42. The van der Waals surface area contributed by atoms with Crippen molar-refractivity contribution in [1.82, 2.24) is 19.8 Å². The lowest BCUT2D eigenvalue weighted by Crippen LogP contribution is -2.46. The monoisotopic (exact) mass is 389 g/mol. The molecule has 2 amide bonds. The van der Waals surface area contributed by atoms with Crippen molar-refractivity contribution in [2.75, 3.05) is 18.5 Å². The molecule has 5 rings (SSSR count). The summed E-state index contributed by atoms with van der Waals surface area (Å²) in [5.41, 5.74) is 4.55. The highest BCUT2D eigenvalue weighted by Gasteiger charge is 2.30. The van der Waals surface area contributed by atoms with Crippen LogP contribution in [0.3, 0.4) is 0 Å². The first-order chi connectivity index (χ1) is 14.1. The Bertz CT molecular complexity index is 1050. The van der Waals surface area contributed by atoms with Gasteiger partial charge in [-0.1, -0.05) is 30.3 Å². The molecule has 1 N–H and O–H groups in total. The predicted molar refractivity (Wildman–Crippen MR) is 115 cm³/mol. The van der Waals surface area contributed by atoms with Gasteiger partial charge in [-0.25, -0.2) is 9.78 Å². The third kappa shape index (κ3) is 3.33. The predicted octanol–water partition coefficient (Wildman–Crippen LogP) is 3.92. The number of carbonyl (C=O) groups is 1. The summed E-state index contributed by atoms with van der Waals surface area (Å²) in [6.07, 6.45) is 2.38. The maximum Gasteiger partial charge on any atom is 0.318 e. The molecule has 1 saturated carbocycles. The minimum Gasteiger partial charge on any atom is -0.372 e. The molecule has 0 saturated heterocycles. The van der Waals surface area contributed by atoms with Gasteiger partial charge in [-0.05, 0) is 43.5 Å². The molecule has 1 aromatic heterocycles. The van der Waals surface area contributed by atoms with Gasteiger partial charge < -0.3 is 19.7 Å². The lowest BCUT2D eigenvalue weighted by atomic mass is 10.1. The van der Waals surface area contributed by atoms with Crippen LogP contribution < -0.4 is 10.2 Å². The number of likely N-dealkylation sites (N-methyl/N-ethyl adjacent to an activating group) is 1. The highest BCUT2D eigenvalue weighted by atomic mass is 16.2. The number of benzene rings is 2. The normalized spacial score (nSPS) is 19.2. The number of rotatable bonds is 3. The molecular weight excluding hydrogens is 362 g/mol. The number of nitrogens with zero attached hydrogens (tertiary/aromatic N) is 4. The van der Waals surface area contributed by atoms with Gasteiger partial charge in [0.05, 0.1) is 17.6 Å². The van der Waals surface area contributed by atoms with Gasteiger partial charge in [0.2, 0.25) is 0 Å². The molecule has 2 aliphatic rings. The van der Waals surface area contributed by atoms with Crippen molar-refractivity contribution < 1.29 is 4.79 Å². The fourth-order valence-corrected chi connectivity index (χ4v) is 4.44. The van der Waals surface area contributed by atoms with E-state index >= 15 is 0 Å². The van der Waals surface area contributed by atoms with Crippen molar-refractivity contribution in [3.8, 4) is 0 Å². The Balaban J connectivity index is 1.36. The van der Waals surface area contributed by atoms with Crippen molar-refractivity contribution in [2.24, 2.45) is 0 Å². The van der Waals surface area contributed by atoms with E-state index < -0.39 is 0 Å². The van der Waals surface area contributed by atoms with Gasteiger partial charge in [0.25, 0.3) is 0 Å². The molecule has 0 radical (unpaired) electrons. The SMILES string of the molecule is C[C@H]1CN(C)c2ccccc2CN1C(=O)NCc1nc2ccccc2n1C1CC1. The van der Waals surface area contributed by atoms with Gasteiger partial charge in [0.15, 0.2) is 0 Å². The van der Waals surface area contributed by atoms with E-state index in [9.17, 15) is 4.79 Å². The summed E-state index contributed by atoms with van der Waals surface area (Å²) >= 11 is 0. The first-order valence-electron chi connectivity index (χ1n) is 10.4. The average molecular weight is 390 g/mol. The molecule has 2 heterocycles. The molecule has 1 atom stereocenters. The number of urea groups is 1. The number of hydrogen-bond donors (Lipinski definition) is 1. The molecular formula is C23H27N5O. The highest BCUT2D eigenvalue weighted by molar-refractivity contribution is 5.77. The van der Waals surface area contributed by atoms with Crippen molar-refractivity contribution in [3.63, 3.8) is 0 Å². The molecule has 29 heavy (non-hydrogen) atoms. The number of anilines is 1. The smallest absolute Gasteiger partial charge is 0.318 e. The second-order valence-corrected chi connectivity index (χ2v) is 8.26. The van der Waals surface area contributed by atoms with Crippen LogP contribution in [0.4, 0.5) is 10.5 Å². The average Bonchev–Trinajstić information content (AvgIpc) is 3.51. The number of hydrogen-bond acceptors (Lipinski definition) is 3. The minimum atomic E-state index is -0.0305. The van der Waals surface area contributed by atoms with Gasteiger partial charge in [-0.15, -0.1) is 0 Å². The Morgan fingerprint density at radius 2 is 1.90 bits per heavy atom. The Hall–Kier alpha value is -3.02. The van der Waals surface area contributed by atoms with Crippen LogP contribution in [0.1, 0.15) is 37.2 Å². The Morgan fingerprint density at radius 3 is 2.72 bits per heavy atom. The zero-order chi connectivity index (χ0) is 20.0. The number of aromatic nitrogens is 2. The van der Waals surface area contributed by atoms with Gasteiger partial charge in [0.1, 0.15) is 5.82 Å². The molecule has 150 valence electrons. The maximum absolute atomic E-state index is 13.1. The number of amides is 2. The molecule has 1 aliphatic heterocycles. The third-order valence-corrected chi connectivity index (χ3v) is 6.05. The standard InChI is InChI=1S/C23H27N5O/c1-16-14-26(2)20-9-5-3-7-17(20)15-27(16)23(29)24-13-22-25-19-8-4-6-10-21(19)28(22)18-11-12-18/h3-10,16,18H,11-15H2,1-2H3,(H,24,29)/t16-/m0/s1. The van der Waals surface area contributed by atoms with Crippen molar-refractivity contribution >= 4 is 22.8 Å². The molecule has 6 heteroatoms. The van der Waals surface area contributed by atoms with Crippen molar-refractivity contribution in [1.29, 1.82) is 0 Å². The second kappa shape index (κ2) is 7.10. The zero-order valence-corrected chi connectivity index (χ0v) is 17.0. The van der Waals surface area contributed by atoms with Crippen molar-refractivity contribution in [2.45, 2.75) is 44.9 Å².